The minimum atomic E-state index is -0.0405. The van der Waals surface area contributed by atoms with Gasteiger partial charge in [0, 0.05) is 18.8 Å². The molecule has 1 rings (SSSR count). The predicted molar refractivity (Wildman–Crippen MR) is 71.2 cm³/mol. The topological polar surface area (TPSA) is 68.2 Å². The standard InChI is InChI=1S/C13H18N4O/c1-17(2)8-7-15-13(18)10-16-12-5-3-11(9-14)4-6-12/h3-6,16H,7-8,10H2,1-2H3,(H,15,18). The molecule has 5 nitrogen and oxygen atoms in total. The van der Waals surface area contributed by atoms with Crippen molar-refractivity contribution in [1.29, 1.82) is 5.26 Å². The smallest absolute Gasteiger partial charge is 0.239 e. The number of nitrogens with zero attached hydrogens (tertiary/aromatic N) is 2. The SMILES string of the molecule is CN(C)CCNC(=O)CNc1ccc(C#N)cc1. The predicted octanol–water partition coefficient (Wildman–Crippen LogP) is 0.648. The van der Waals surface area contributed by atoms with E-state index in [1.807, 2.05) is 25.1 Å². The highest BCUT2D eigenvalue weighted by Gasteiger charge is 2.00. The molecule has 0 aromatic heterocycles. The van der Waals surface area contributed by atoms with Crippen LogP contribution in [0, 0.1) is 11.3 Å². The minimum absolute atomic E-state index is 0.0405. The van der Waals surface area contributed by atoms with Crippen molar-refractivity contribution >= 4 is 11.6 Å². The number of nitrogens with one attached hydrogen (secondary N) is 2. The Hall–Kier alpha value is -2.06. The highest BCUT2D eigenvalue weighted by Crippen LogP contribution is 2.07. The van der Waals surface area contributed by atoms with Crippen LogP contribution in [0.1, 0.15) is 5.56 Å². The molecular formula is C13H18N4O. The quantitative estimate of drug-likeness (QED) is 0.773. The molecule has 0 unspecified atom stereocenters. The fraction of sp³-hybridized carbons (Fsp3) is 0.385. The Balaban J connectivity index is 2.27. The lowest BCUT2D eigenvalue weighted by Crippen LogP contribution is -2.34. The number of anilines is 1. The van der Waals surface area contributed by atoms with E-state index in [2.05, 4.69) is 10.6 Å². The summed E-state index contributed by atoms with van der Waals surface area (Å²) in [5, 5.41) is 14.5. The molecule has 1 aromatic rings. The lowest BCUT2D eigenvalue weighted by atomic mass is 10.2. The van der Waals surface area contributed by atoms with Crippen LogP contribution in [0.25, 0.3) is 0 Å². The lowest BCUT2D eigenvalue weighted by molar-refractivity contribution is -0.119. The Labute approximate surface area is 107 Å². The fourth-order valence-electron chi connectivity index (χ4n) is 1.33. The number of hydrogen-bond acceptors (Lipinski definition) is 4. The Kier molecular flexibility index (Phi) is 5.68. The molecule has 1 amide bonds. The van der Waals surface area contributed by atoms with Gasteiger partial charge in [-0.05, 0) is 38.4 Å². The van der Waals surface area contributed by atoms with Gasteiger partial charge in [0.15, 0.2) is 0 Å². The first-order chi connectivity index (χ1) is 8.61. The monoisotopic (exact) mass is 246 g/mol. The number of nitriles is 1. The number of amides is 1. The van der Waals surface area contributed by atoms with Gasteiger partial charge in [-0.15, -0.1) is 0 Å². The lowest BCUT2D eigenvalue weighted by Gasteiger charge is -2.11. The van der Waals surface area contributed by atoms with E-state index in [0.29, 0.717) is 12.1 Å². The zero-order valence-corrected chi connectivity index (χ0v) is 10.7. The molecule has 0 saturated carbocycles. The third-order valence-corrected chi connectivity index (χ3v) is 2.35. The van der Waals surface area contributed by atoms with E-state index in [4.69, 9.17) is 5.26 Å². The average Bonchev–Trinajstić information content (AvgIpc) is 2.36. The van der Waals surface area contributed by atoms with Gasteiger partial charge in [-0.25, -0.2) is 0 Å². The molecule has 0 radical (unpaired) electrons. The normalized spacial score (nSPS) is 9.89. The van der Waals surface area contributed by atoms with Crippen LogP contribution < -0.4 is 10.6 Å². The molecule has 96 valence electrons. The van der Waals surface area contributed by atoms with E-state index >= 15 is 0 Å². The van der Waals surface area contributed by atoms with Crippen molar-refractivity contribution in [3.63, 3.8) is 0 Å². The van der Waals surface area contributed by atoms with Crippen molar-refractivity contribution in [2.45, 2.75) is 0 Å². The van der Waals surface area contributed by atoms with Gasteiger partial charge in [-0.1, -0.05) is 0 Å². The molecule has 0 aliphatic carbocycles. The maximum absolute atomic E-state index is 11.5. The maximum Gasteiger partial charge on any atom is 0.239 e. The second-order valence-corrected chi connectivity index (χ2v) is 4.20. The van der Waals surface area contributed by atoms with Crippen LogP contribution in [0.15, 0.2) is 24.3 Å². The molecule has 1 aromatic carbocycles. The van der Waals surface area contributed by atoms with Crippen LogP contribution in [-0.4, -0.2) is 44.5 Å². The van der Waals surface area contributed by atoms with Crippen LogP contribution in [0.4, 0.5) is 5.69 Å². The molecule has 0 aliphatic heterocycles. The Morgan fingerprint density at radius 1 is 1.33 bits per heavy atom. The molecule has 18 heavy (non-hydrogen) atoms. The molecular weight excluding hydrogens is 228 g/mol. The molecule has 0 aliphatic rings. The number of rotatable bonds is 6. The fourth-order valence-corrected chi connectivity index (χ4v) is 1.33. The first-order valence-corrected chi connectivity index (χ1v) is 5.77. The zero-order chi connectivity index (χ0) is 13.4. The van der Waals surface area contributed by atoms with Gasteiger partial charge in [0.05, 0.1) is 18.2 Å². The molecule has 0 atom stereocenters. The van der Waals surface area contributed by atoms with E-state index in [1.54, 1.807) is 24.3 Å². The maximum atomic E-state index is 11.5. The molecule has 0 saturated heterocycles. The summed E-state index contributed by atoms with van der Waals surface area (Å²) in [6.45, 7) is 1.70. The van der Waals surface area contributed by atoms with Gasteiger partial charge in [-0.2, -0.15) is 5.26 Å². The zero-order valence-electron chi connectivity index (χ0n) is 10.7. The highest BCUT2D eigenvalue weighted by molar-refractivity contribution is 5.80. The van der Waals surface area contributed by atoms with Crippen LogP contribution in [0.5, 0.6) is 0 Å². The van der Waals surface area contributed by atoms with E-state index in [9.17, 15) is 4.79 Å². The van der Waals surface area contributed by atoms with Crippen molar-refractivity contribution < 1.29 is 4.79 Å². The molecule has 0 heterocycles. The Morgan fingerprint density at radius 2 is 2.00 bits per heavy atom. The van der Waals surface area contributed by atoms with Gasteiger partial charge >= 0.3 is 0 Å². The second kappa shape index (κ2) is 7.30. The second-order valence-electron chi connectivity index (χ2n) is 4.20. The number of benzene rings is 1. The van der Waals surface area contributed by atoms with Crippen molar-refractivity contribution in [2.75, 3.05) is 39.0 Å². The number of hydrogen-bond donors (Lipinski definition) is 2. The van der Waals surface area contributed by atoms with E-state index < -0.39 is 0 Å². The average molecular weight is 246 g/mol. The summed E-state index contributed by atoms with van der Waals surface area (Å²) in [6, 6.07) is 9.04. The highest BCUT2D eigenvalue weighted by atomic mass is 16.1. The van der Waals surface area contributed by atoms with Crippen LogP contribution in [0.3, 0.4) is 0 Å². The third-order valence-electron chi connectivity index (χ3n) is 2.35. The summed E-state index contributed by atoms with van der Waals surface area (Å²) in [5.74, 6) is -0.0405. The van der Waals surface area contributed by atoms with Gasteiger partial charge in [0.2, 0.25) is 5.91 Å². The summed E-state index contributed by atoms with van der Waals surface area (Å²) in [5.41, 5.74) is 1.44. The van der Waals surface area contributed by atoms with Crippen molar-refractivity contribution in [2.24, 2.45) is 0 Å². The largest absolute Gasteiger partial charge is 0.376 e. The molecule has 2 N–H and O–H groups in total. The summed E-state index contributed by atoms with van der Waals surface area (Å²) in [4.78, 5) is 13.5. The van der Waals surface area contributed by atoms with Crippen molar-refractivity contribution in [3.05, 3.63) is 29.8 Å². The third kappa shape index (κ3) is 5.32. The Bertz CT molecular complexity index is 420. The number of likely N-dealkylation sites (N-methyl/N-ethyl adjacent to an activating group) is 1. The first kappa shape index (κ1) is 14.0. The van der Waals surface area contributed by atoms with Crippen molar-refractivity contribution in [3.8, 4) is 6.07 Å². The van der Waals surface area contributed by atoms with Gasteiger partial charge in [0.25, 0.3) is 0 Å². The van der Waals surface area contributed by atoms with E-state index in [1.165, 1.54) is 0 Å². The number of carbonyl (C=O) groups is 1. The van der Waals surface area contributed by atoms with Crippen LogP contribution in [0.2, 0.25) is 0 Å². The minimum Gasteiger partial charge on any atom is -0.376 e. The Morgan fingerprint density at radius 3 is 2.56 bits per heavy atom. The summed E-state index contributed by atoms with van der Waals surface area (Å²) >= 11 is 0. The van der Waals surface area contributed by atoms with E-state index in [0.717, 1.165) is 12.2 Å². The van der Waals surface area contributed by atoms with E-state index in [-0.39, 0.29) is 12.5 Å². The van der Waals surface area contributed by atoms with Crippen LogP contribution >= 0.6 is 0 Å². The van der Waals surface area contributed by atoms with Crippen LogP contribution in [-0.2, 0) is 4.79 Å². The van der Waals surface area contributed by atoms with Crippen molar-refractivity contribution in [1.82, 2.24) is 10.2 Å². The summed E-state index contributed by atoms with van der Waals surface area (Å²) in [7, 11) is 3.92. The molecule has 0 bridgehead atoms. The van der Waals surface area contributed by atoms with Gasteiger partial charge in [0.1, 0.15) is 0 Å². The summed E-state index contributed by atoms with van der Waals surface area (Å²) < 4.78 is 0. The van der Waals surface area contributed by atoms with Gasteiger partial charge in [-0.3, -0.25) is 4.79 Å². The molecule has 0 spiro atoms. The summed E-state index contributed by atoms with van der Waals surface area (Å²) in [6.07, 6.45) is 0. The molecule has 0 fully saturated rings. The first-order valence-electron chi connectivity index (χ1n) is 5.77. The van der Waals surface area contributed by atoms with Gasteiger partial charge < -0.3 is 15.5 Å². The molecule has 5 heteroatoms. The number of carbonyl (C=O) groups excluding carboxylic acids is 1.